The quantitative estimate of drug-likeness (QED) is 0.482. The van der Waals surface area contributed by atoms with Crippen molar-refractivity contribution in [3.63, 3.8) is 0 Å². The van der Waals surface area contributed by atoms with Gasteiger partial charge in [-0.3, -0.25) is 0 Å². The second-order valence-corrected chi connectivity index (χ2v) is 7.61. The van der Waals surface area contributed by atoms with Gasteiger partial charge in [0.05, 0.1) is 32.5 Å². The summed E-state index contributed by atoms with van der Waals surface area (Å²) < 4.78 is 7.06. The van der Waals surface area contributed by atoms with Crippen molar-refractivity contribution in [2.24, 2.45) is 0 Å². The van der Waals surface area contributed by atoms with Crippen LogP contribution in [0.15, 0.2) is 60.7 Å². The molecule has 1 aromatic heterocycles. The van der Waals surface area contributed by atoms with Gasteiger partial charge in [0, 0.05) is 17.8 Å². The predicted octanol–water partition coefficient (Wildman–Crippen LogP) is 4.27. The number of hydrogen-bond acceptors (Lipinski definition) is 5. The lowest BCUT2D eigenvalue weighted by Gasteiger charge is -2.21. The van der Waals surface area contributed by atoms with Gasteiger partial charge < -0.3 is 14.7 Å². The molecule has 1 N–H and O–H groups in total. The lowest BCUT2D eigenvalue weighted by molar-refractivity contribution is 0.275. The largest absolute Gasteiger partial charge is 0.497 e. The number of aromatic nitrogens is 3. The molecule has 0 bridgehead atoms. The molecule has 6 nitrogen and oxygen atoms in total. The molecule has 0 radical (unpaired) electrons. The highest BCUT2D eigenvalue weighted by atomic mass is 35.5. The molecule has 7 heteroatoms. The second-order valence-electron chi connectivity index (χ2n) is 7.18. The summed E-state index contributed by atoms with van der Waals surface area (Å²) in [5.74, 6) is 0.811. The Bertz CT molecular complexity index is 1160. The maximum atomic E-state index is 9.75. The van der Waals surface area contributed by atoms with Crippen molar-refractivity contribution in [2.45, 2.75) is 19.7 Å². The van der Waals surface area contributed by atoms with Crippen LogP contribution >= 0.6 is 11.6 Å². The van der Waals surface area contributed by atoms with Gasteiger partial charge in [-0.15, -0.1) is 5.10 Å². The fourth-order valence-electron chi connectivity index (χ4n) is 3.45. The van der Waals surface area contributed by atoms with Crippen LogP contribution in [0.4, 0.5) is 5.69 Å². The van der Waals surface area contributed by atoms with E-state index in [9.17, 15) is 5.11 Å². The lowest BCUT2D eigenvalue weighted by atomic mass is 10.1. The highest BCUT2D eigenvalue weighted by Gasteiger charge is 2.15. The van der Waals surface area contributed by atoms with Crippen LogP contribution < -0.4 is 9.64 Å². The molecule has 4 rings (SSSR count). The molecule has 0 fully saturated rings. The smallest absolute Gasteiger partial charge is 0.118 e. The SMILES string of the molecule is COc1ccc(Cn2nnc(CO)c2CN(C)c2ccc3cc(Cl)ccc3c2)cc1. The molecule has 0 aliphatic carbocycles. The Morgan fingerprint density at radius 3 is 2.50 bits per heavy atom. The molecule has 0 atom stereocenters. The number of nitrogens with zero attached hydrogens (tertiary/aromatic N) is 4. The van der Waals surface area contributed by atoms with Gasteiger partial charge in [-0.25, -0.2) is 4.68 Å². The van der Waals surface area contributed by atoms with Gasteiger partial charge in [-0.05, 0) is 52.7 Å². The van der Waals surface area contributed by atoms with E-state index in [1.165, 1.54) is 0 Å². The first-order valence-electron chi connectivity index (χ1n) is 9.63. The van der Waals surface area contributed by atoms with Crippen molar-refractivity contribution in [3.05, 3.63) is 82.6 Å². The van der Waals surface area contributed by atoms with Gasteiger partial charge in [0.25, 0.3) is 0 Å². The zero-order valence-electron chi connectivity index (χ0n) is 16.9. The summed E-state index contributed by atoms with van der Waals surface area (Å²) in [6.07, 6.45) is 0. The summed E-state index contributed by atoms with van der Waals surface area (Å²) >= 11 is 6.09. The van der Waals surface area contributed by atoms with Crippen LogP contribution in [0.2, 0.25) is 5.02 Å². The number of aliphatic hydroxyl groups excluding tert-OH is 1. The topological polar surface area (TPSA) is 63.4 Å². The molecule has 0 amide bonds. The van der Waals surface area contributed by atoms with Gasteiger partial charge >= 0.3 is 0 Å². The average Bonchev–Trinajstić information content (AvgIpc) is 3.15. The molecule has 1 heterocycles. The van der Waals surface area contributed by atoms with Gasteiger partial charge in [0.15, 0.2) is 0 Å². The molecule has 0 spiro atoms. The molecule has 0 unspecified atom stereocenters. The highest BCUT2D eigenvalue weighted by Crippen LogP contribution is 2.25. The molecule has 3 aromatic carbocycles. The third kappa shape index (κ3) is 4.25. The van der Waals surface area contributed by atoms with Gasteiger partial charge in [-0.1, -0.05) is 41.1 Å². The predicted molar refractivity (Wildman–Crippen MR) is 119 cm³/mol. The van der Waals surface area contributed by atoms with E-state index in [0.717, 1.165) is 38.5 Å². The maximum Gasteiger partial charge on any atom is 0.118 e. The minimum Gasteiger partial charge on any atom is -0.497 e. The number of aliphatic hydroxyl groups is 1. The van der Waals surface area contributed by atoms with Crippen molar-refractivity contribution < 1.29 is 9.84 Å². The Morgan fingerprint density at radius 1 is 1.03 bits per heavy atom. The first-order valence-corrected chi connectivity index (χ1v) is 10.0. The minimum absolute atomic E-state index is 0.151. The Hall–Kier alpha value is -3.09. The molecule has 30 heavy (non-hydrogen) atoms. The van der Waals surface area contributed by atoms with E-state index in [1.54, 1.807) is 7.11 Å². The van der Waals surface area contributed by atoms with Crippen LogP contribution in [0.5, 0.6) is 5.75 Å². The second kappa shape index (κ2) is 8.73. The summed E-state index contributed by atoms with van der Waals surface area (Å²) in [6.45, 7) is 0.983. The zero-order chi connectivity index (χ0) is 21.1. The van der Waals surface area contributed by atoms with Crippen LogP contribution in [0, 0.1) is 0 Å². The lowest BCUT2D eigenvalue weighted by Crippen LogP contribution is -2.20. The third-order valence-electron chi connectivity index (χ3n) is 5.17. The van der Waals surface area contributed by atoms with Crippen molar-refractivity contribution in [3.8, 4) is 5.75 Å². The van der Waals surface area contributed by atoms with Gasteiger partial charge in [0.1, 0.15) is 11.4 Å². The summed E-state index contributed by atoms with van der Waals surface area (Å²) in [5, 5.41) is 21.1. The zero-order valence-corrected chi connectivity index (χ0v) is 17.7. The summed E-state index contributed by atoms with van der Waals surface area (Å²) in [6, 6.07) is 20.0. The van der Waals surface area contributed by atoms with E-state index in [2.05, 4.69) is 33.4 Å². The Kier molecular flexibility index (Phi) is 5.88. The molecular formula is C23H23ClN4O2. The third-order valence-corrected chi connectivity index (χ3v) is 5.41. The number of rotatable bonds is 7. The summed E-state index contributed by atoms with van der Waals surface area (Å²) in [7, 11) is 3.66. The minimum atomic E-state index is -0.151. The Balaban J connectivity index is 1.58. The maximum absolute atomic E-state index is 9.75. The number of methoxy groups -OCH3 is 1. The van der Waals surface area contributed by atoms with Crippen molar-refractivity contribution in [1.82, 2.24) is 15.0 Å². The van der Waals surface area contributed by atoms with E-state index < -0.39 is 0 Å². The molecule has 0 aliphatic rings. The highest BCUT2D eigenvalue weighted by molar-refractivity contribution is 6.31. The van der Waals surface area contributed by atoms with Gasteiger partial charge in [0.2, 0.25) is 0 Å². The fraction of sp³-hybridized carbons (Fsp3) is 0.217. The fourth-order valence-corrected chi connectivity index (χ4v) is 3.63. The molecular weight excluding hydrogens is 400 g/mol. The van der Waals surface area contributed by atoms with E-state index in [0.29, 0.717) is 18.8 Å². The van der Waals surface area contributed by atoms with Gasteiger partial charge in [-0.2, -0.15) is 0 Å². The van der Waals surface area contributed by atoms with E-state index >= 15 is 0 Å². The first-order chi connectivity index (χ1) is 14.6. The van der Waals surface area contributed by atoms with Crippen LogP contribution in [0.1, 0.15) is 17.0 Å². The molecule has 4 aromatic rings. The van der Waals surface area contributed by atoms with Crippen LogP contribution in [-0.2, 0) is 19.7 Å². The molecule has 0 saturated heterocycles. The monoisotopic (exact) mass is 422 g/mol. The van der Waals surface area contributed by atoms with E-state index in [-0.39, 0.29) is 6.61 Å². The van der Waals surface area contributed by atoms with E-state index in [4.69, 9.17) is 16.3 Å². The standard InChI is InChI=1S/C23H23ClN4O2/c1-27(20-8-6-17-11-19(24)7-5-18(17)12-20)14-23-22(15-29)25-26-28(23)13-16-3-9-21(30-2)10-4-16/h3-12,29H,13-15H2,1-2H3. The van der Waals surface area contributed by atoms with Crippen LogP contribution in [0.3, 0.4) is 0 Å². The number of halogens is 1. The van der Waals surface area contributed by atoms with Crippen molar-refractivity contribution >= 4 is 28.1 Å². The molecule has 0 saturated carbocycles. The van der Waals surface area contributed by atoms with Crippen molar-refractivity contribution in [2.75, 3.05) is 19.1 Å². The van der Waals surface area contributed by atoms with E-state index in [1.807, 2.05) is 54.2 Å². The average molecular weight is 423 g/mol. The normalized spacial score (nSPS) is 11.1. The molecule has 0 aliphatic heterocycles. The number of anilines is 1. The number of fused-ring (bicyclic) bond motifs is 1. The Labute approximate surface area is 180 Å². The van der Waals surface area contributed by atoms with Crippen LogP contribution in [-0.4, -0.2) is 34.3 Å². The van der Waals surface area contributed by atoms with Crippen LogP contribution in [0.25, 0.3) is 10.8 Å². The molecule has 154 valence electrons. The number of benzene rings is 3. The first kappa shape index (κ1) is 20.2. The van der Waals surface area contributed by atoms with Crippen molar-refractivity contribution in [1.29, 1.82) is 0 Å². The summed E-state index contributed by atoms with van der Waals surface area (Å²) in [5.41, 5.74) is 3.61. The Morgan fingerprint density at radius 2 is 1.77 bits per heavy atom. The summed E-state index contributed by atoms with van der Waals surface area (Å²) in [4.78, 5) is 2.12. The number of ether oxygens (including phenoxy) is 1. The number of hydrogen-bond donors (Lipinski definition) is 1.